The molecule has 3 nitrogen and oxygen atoms in total. The summed E-state index contributed by atoms with van der Waals surface area (Å²) in [5.74, 6) is 1.15. The van der Waals surface area contributed by atoms with Crippen molar-refractivity contribution in [1.29, 1.82) is 0 Å². The fourth-order valence-corrected chi connectivity index (χ4v) is 1.84. The maximum absolute atomic E-state index is 5.72. The summed E-state index contributed by atoms with van der Waals surface area (Å²) < 4.78 is 10.9. The van der Waals surface area contributed by atoms with Gasteiger partial charge in [0.2, 0.25) is 0 Å². The number of rotatable bonds is 2. The third kappa shape index (κ3) is 1.86. The van der Waals surface area contributed by atoms with Crippen LogP contribution < -0.4 is 15.2 Å². The highest BCUT2D eigenvalue weighted by Gasteiger charge is 2.13. The molecule has 0 aliphatic rings. The molecule has 5 heteroatoms. The van der Waals surface area contributed by atoms with Crippen molar-refractivity contribution < 1.29 is 9.47 Å². The summed E-state index contributed by atoms with van der Waals surface area (Å²) in [5, 5.41) is 0. The lowest BCUT2D eigenvalue weighted by Crippen LogP contribution is -1.96. The van der Waals surface area contributed by atoms with Crippen molar-refractivity contribution in [3.05, 3.63) is 10.5 Å². The number of hydrogen-bond acceptors (Lipinski definition) is 4. The molecule has 0 saturated carbocycles. The van der Waals surface area contributed by atoms with Gasteiger partial charge in [-0.25, -0.2) is 0 Å². The van der Waals surface area contributed by atoms with Gasteiger partial charge in [0.25, 0.3) is 0 Å². The van der Waals surface area contributed by atoms with E-state index in [1.165, 1.54) is 0 Å². The SMILES string of the molecule is COc1cc(Br)c(N)c(S)c1OC. The normalized spacial score (nSPS) is 9.85. The Morgan fingerprint density at radius 2 is 2.00 bits per heavy atom. The van der Waals surface area contributed by atoms with Crippen molar-refractivity contribution >= 4 is 34.2 Å². The number of benzene rings is 1. The zero-order valence-electron chi connectivity index (χ0n) is 7.30. The van der Waals surface area contributed by atoms with Gasteiger partial charge in [-0.05, 0) is 15.9 Å². The van der Waals surface area contributed by atoms with E-state index in [2.05, 4.69) is 28.6 Å². The first-order valence-corrected chi connectivity index (χ1v) is 4.74. The third-order valence-electron chi connectivity index (χ3n) is 1.63. The second-order valence-corrected chi connectivity index (χ2v) is 3.66. The monoisotopic (exact) mass is 263 g/mol. The number of hydrogen-bond donors (Lipinski definition) is 2. The van der Waals surface area contributed by atoms with Crippen molar-refractivity contribution in [2.45, 2.75) is 4.90 Å². The number of anilines is 1. The number of ether oxygens (including phenoxy) is 2. The molecule has 0 atom stereocenters. The van der Waals surface area contributed by atoms with E-state index in [1.54, 1.807) is 20.3 Å². The average Bonchev–Trinajstić information content (AvgIpc) is 2.13. The number of halogens is 1. The molecule has 1 aromatic carbocycles. The molecule has 0 saturated heterocycles. The van der Waals surface area contributed by atoms with Crippen LogP contribution in [0.3, 0.4) is 0 Å². The summed E-state index contributed by atoms with van der Waals surface area (Å²) in [5.41, 5.74) is 6.27. The lowest BCUT2D eigenvalue weighted by molar-refractivity contribution is 0.348. The largest absolute Gasteiger partial charge is 0.493 e. The first-order chi connectivity index (χ1) is 6.11. The Kier molecular flexibility index (Phi) is 3.33. The van der Waals surface area contributed by atoms with E-state index in [-0.39, 0.29) is 0 Å². The van der Waals surface area contributed by atoms with Crippen LogP contribution >= 0.6 is 28.6 Å². The van der Waals surface area contributed by atoms with Gasteiger partial charge in [-0.1, -0.05) is 0 Å². The Labute approximate surface area is 90.8 Å². The highest BCUT2D eigenvalue weighted by Crippen LogP contribution is 2.41. The predicted molar refractivity (Wildman–Crippen MR) is 58.9 cm³/mol. The molecule has 0 amide bonds. The molecule has 0 fully saturated rings. The zero-order valence-corrected chi connectivity index (χ0v) is 9.78. The van der Waals surface area contributed by atoms with Gasteiger partial charge in [-0.2, -0.15) is 0 Å². The topological polar surface area (TPSA) is 44.5 Å². The summed E-state index contributed by atoms with van der Waals surface area (Å²) in [4.78, 5) is 0.578. The van der Waals surface area contributed by atoms with Gasteiger partial charge in [-0.3, -0.25) is 0 Å². The Bertz CT molecular complexity index is 330. The van der Waals surface area contributed by atoms with E-state index in [0.717, 1.165) is 4.47 Å². The molecule has 2 N–H and O–H groups in total. The minimum absolute atomic E-state index is 0.543. The van der Waals surface area contributed by atoms with E-state index in [9.17, 15) is 0 Å². The maximum atomic E-state index is 5.72. The van der Waals surface area contributed by atoms with Crippen LogP contribution in [0.4, 0.5) is 5.69 Å². The molecule has 0 aliphatic carbocycles. The molecule has 72 valence electrons. The molecule has 0 radical (unpaired) electrons. The minimum atomic E-state index is 0.543. The molecule has 0 heterocycles. The summed E-state index contributed by atoms with van der Waals surface area (Å²) in [6.45, 7) is 0. The minimum Gasteiger partial charge on any atom is -0.493 e. The van der Waals surface area contributed by atoms with Gasteiger partial charge in [0, 0.05) is 10.5 Å². The summed E-state index contributed by atoms with van der Waals surface area (Å²) in [7, 11) is 3.11. The quantitative estimate of drug-likeness (QED) is 0.636. The Morgan fingerprint density at radius 1 is 1.38 bits per heavy atom. The molecular weight excluding hydrogens is 254 g/mol. The first kappa shape index (κ1) is 10.5. The highest BCUT2D eigenvalue weighted by atomic mass is 79.9. The van der Waals surface area contributed by atoms with E-state index in [4.69, 9.17) is 15.2 Å². The lowest BCUT2D eigenvalue weighted by atomic mass is 10.3. The van der Waals surface area contributed by atoms with Crippen molar-refractivity contribution in [2.75, 3.05) is 20.0 Å². The molecular formula is C8H10BrNO2S. The molecule has 0 bridgehead atoms. The Hall–Kier alpha value is -0.550. The van der Waals surface area contributed by atoms with E-state index >= 15 is 0 Å². The second-order valence-electron chi connectivity index (χ2n) is 2.36. The molecule has 1 rings (SSSR count). The van der Waals surface area contributed by atoms with Crippen molar-refractivity contribution in [3.8, 4) is 11.5 Å². The van der Waals surface area contributed by atoms with E-state index in [0.29, 0.717) is 22.1 Å². The number of nitrogens with two attached hydrogens (primary N) is 1. The van der Waals surface area contributed by atoms with E-state index in [1.807, 2.05) is 0 Å². The average molecular weight is 264 g/mol. The van der Waals surface area contributed by atoms with Gasteiger partial charge < -0.3 is 15.2 Å². The molecule has 0 unspecified atom stereocenters. The van der Waals surface area contributed by atoms with Crippen LogP contribution in [0.1, 0.15) is 0 Å². The Morgan fingerprint density at radius 3 is 2.46 bits per heavy atom. The van der Waals surface area contributed by atoms with Crippen LogP contribution in [0.5, 0.6) is 11.5 Å². The van der Waals surface area contributed by atoms with Crippen molar-refractivity contribution in [3.63, 3.8) is 0 Å². The number of nitrogen functional groups attached to an aromatic ring is 1. The second kappa shape index (κ2) is 4.11. The highest BCUT2D eigenvalue weighted by molar-refractivity contribution is 9.10. The fourth-order valence-electron chi connectivity index (χ4n) is 0.959. The van der Waals surface area contributed by atoms with Gasteiger partial charge in [0.05, 0.1) is 24.8 Å². The third-order valence-corrected chi connectivity index (χ3v) is 2.73. The van der Waals surface area contributed by atoms with Crippen LogP contribution in [-0.4, -0.2) is 14.2 Å². The molecule has 1 aromatic rings. The van der Waals surface area contributed by atoms with Gasteiger partial charge in [-0.15, -0.1) is 12.6 Å². The van der Waals surface area contributed by atoms with Crippen LogP contribution in [0.15, 0.2) is 15.4 Å². The van der Waals surface area contributed by atoms with E-state index < -0.39 is 0 Å². The summed E-state index contributed by atoms with van der Waals surface area (Å²) in [6.07, 6.45) is 0. The summed E-state index contributed by atoms with van der Waals surface area (Å²) in [6, 6.07) is 1.74. The van der Waals surface area contributed by atoms with Crippen LogP contribution in [-0.2, 0) is 0 Å². The molecule has 13 heavy (non-hydrogen) atoms. The lowest BCUT2D eigenvalue weighted by Gasteiger charge is -2.12. The number of thiol groups is 1. The Balaban J connectivity index is 3.39. The zero-order chi connectivity index (χ0) is 10.0. The standard InChI is InChI=1S/C8H10BrNO2S/c1-11-5-3-4(9)6(10)8(13)7(5)12-2/h3,13H,10H2,1-2H3. The number of methoxy groups -OCH3 is 2. The van der Waals surface area contributed by atoms with Gasteiger partial charge in [0.1, 0.15) is 0 Å². The summed E-state index contributed by atoms with van der Waals surface area (Å²) >= 11 is 7.52. The molecule has 0 aliphatic heterocycles. The molecule has 0 spiro atoms. The first-order valence-electron chi connectivity index (χ1n) is 3.50. The van der Waals surface area contributed by atoms with Crippen LogP contribution in [0, 0.1) is 0 Å². The van der Waals surface area contributed by atoms with Crippen molar-refractivity contribution in [1.82, 2.24) is 0 Å². The van der Waals surface area contributed by atoms with Crippen LogP contribution in [0.25, 0.3) is 0 Å². The van der Waals surface area contributed by atoms with Gasteiger partial charge >= 0.3 is 0 Å². The maximum Gasteiger partial charge on any atom is 0.176 e. The van der Waals surface area contributed by atoms with Crippen molar-refractivity contribution in [2.24, 2.45) is 0 Å². The smallest absolute Gasteiger partial charge is 0.176 e. The predicted octanol–water partition coefficient (Wildman–Crippen LogP) is 2.34. The van der Waals surface area contributed by atoms with Gasteiger partial charge in [0.15, 0.2) is 11.5 Å². The van der Waals surface area contributed by atoms with Crippen LogP contribution in [0.2, 0.25) is 0 Å². The molecule has 0 aromatic heterocycles. The fraction of sp³-hybridized carbons (Fsp3) is 0.250.